The number of nitrogens with zero attached hydrogens (tertiary/aromatic N) is 6. The lowest BCUT2D eigenvalue weighted by atomic mass is 9.75. The molecule has 2 aromatic carbocycles. The SMILES string of the molecule is O=C1N(Cc2ccc(-c3cnn(I)c3)cc2F)c2ccccc2C12CN(c1ncccn1)C2. The number of rotatable bonds is 4. The third-order valence-electron chi connectivity index (χ3n) is 6.39. The molecular weight excluding hydrogens is 534 g/mol. The molecule has 0 atom stereocenters. The molecule has 1 saturated heterocycles. The van der Waals surface area contributed by atoms with Crippen LogP contribution in [0.3, 0.4) is 0 Å². The van der Waals surface area contributed by atoms with E-state index < -0.39 is 5.41 Å². The molecule has 4 aromatic rings. The number of amides is 1. The highest BCUT2D eigenvalue weighted by atomic mass is 127. The zero-order valence-electron chi connectivity index (χ0n) is 17.4. The first-order valence-electron chi connectivity index (χ1n) is 10.5. The van der Waals surface area contributed by atoms with E-state index in [0.29, 0.717) is 24.6 Å². The van der Waals surface area contributed by atoms with Crippen LogP contribution in [0, 0.1) is 5.82 Å². The van der Waals surface area contributed by atoms with Gasteiger partial charge in [0, 0.05) is 48.5 Å². The second kappa shape index (κ2) is 7.62. The van der Waals surface area contributed by atoms with E-state index in [4.69, 9.17) is 0 Å². The Morgan fingerprint density at radius 2 is 1.82 bits per heavy atom. The van der Waals surface area contributed by atoms with Crippen molar-refractivity contribution in [2.75, 3.05) is 22.9 Å². The standard InChI is InChI=1S/C24H18FIN6O/c25-20-10-16(18-11-29-32(26)13-18)6-7-17(20)12-31-21-5-2-1-4-19(21)24(22(31)33)14-30(15-24)23-27-8-3-9-28-23/h1-11,13H,12,14-15H2. The summed E-state index contributed by atoms with van der Waals surface area (Å²) in [5, 5.41) is 4.14. The number of hydrogen-bond acceptors (Lipinski definition) is 5. The fraction of sp³-hybridized carbons (Fsp3) is 0.167. The van der Waals surface area contributed by atoms with Gasteiger partial charge in [-0.05, 0) is 29.3 Å². The van der Waals surface area contributed by atoms with Crippen molar-refractivity contribution in [3.8, 4) is 11.1 Å². The van der Waals surface area contributed by atoms with Gasteiger partial charge >= 0.3 is 0 Å². The second-order valence-corrected chi connectivity index (χ2v) is 9.31. The molecule has 1 fully saturated rings. The first kappa shape index (κ1) is 20.3. The molecule has 0 unspecified atom stereocenters. The van der Waals surface area contributed by atoms with Gasteiger partial charge in [0.2, 0.25) is 11.9 Å². The highest BCUT2D eigenvalue weighted by molar-refractivity contribution is 14.1. The molecular formula is C24H18FIN6O. The number of aromatic nitrogens is 4. The van der Waals surface area contributed by atoms with Gasteiger partial charge in [0.1, 0.15) is 11.2 Å². The van der Waals surface area contributed by atoms with E-state index in [1.54, 1.807) is 38.5 Å². The number of anilines is 2. The summed E-state index contributed by atoms with van der Waals surface area (Å²) < 4.78 is 16.7. The average Bonchev–Trinajstić information content (AvgIpc) is 3.34. The molecule has 0 radical (unpaired) electrons. The van der Waals surface area contributed by atoms with E-state index in [1.165, 1.54) is 6.07 Å². The van der Waals surface area contributed by atoms with E-state index in [2.05, 4.69) is 37.9 Å². The lowest BCUT2D eigenvalue weighted by Gasteiger charge is -2.46. The quantitative estimate of drug-likeness (QED) is 0.359. The molecule has 4 heterocycles. The van der Waals surface area contributed by atoms with Crippen LogP contribution in [0.5, 0.6) is 0 Å². The van der Waals surface area contributed by atoms with E-state index in [0.717, 1.165) is 22.4 Å². The molecule has 0 N–H and O–H groups in total. The molecule has 164 valence electrons. The Labute approximate surface area is 203 Å². The first-order chi connectivity index (χ1) is 16.0. The number of benzene rings is 2. The number of para-hydroxylation sites is 1. The third-order valence-corrected chi connectivity index (χ3v) is 6.92. The first-order valence-corrected chi connectivity index (χ1v) is 11.4. The predicted molar refractivity (Wildman–Crippen MR) is 131 cm³/mol. The summed E-state index contributed by atoms with van der Waals surface area (Å²) in [7, 11) is 0. The van der Waals surface area contributed by atoms with Crippen molar-refractivity contribution in [2.24, 2.45) is 0 Å². The maximum atomic E-state index is 15.1. The van der Waals surface area contributed by atoms with E-state index in [1.807, 2.05) is 41.4 Å². The maximum Gasteiger partial charge on any atom is 0.241 e. The number of carbonyl (C=O) groups is 1. The molecule has 9 heteroatoms. The molecule has 1 spiro atoms. The number of halogens is 2. The van der Waals surface area contributed by atoms with Crippen molar-refractivity contribution in [1.29, 1.82) is 0 Å². The molecule has 2 aliphatic rings. The van der Waals surface area contributed by atoms with Gasteiger partial charge < -0.3 is 9.80 Å². The highest BCUT2D eigenvalue weighted by Crippen LogP contribution is 2.48. The molecule has 0 bridgehead atoms. The van der Waals surface area contributed by atoms with Gasteiger partial charge in [0.25, 0.3) is 0 Å². The Bertz CT molecular complexity index is 1370. The van der Waals surface area contributed by atoms with Gasteiger partial charge in [0.05, 0.1) is 35.6 Å². The Hall–Kier alpha value is -3.34. The number of carbonyl (C=O) groups excluding carboxylic acids is 1. The zero-order valence-corrected chi connectivity index (χ0v) is 19.6. The van der Waals surface area contributed by atoms with Gasteiger partial charge in [-0.2, -0.15) is 5.10 Å². The maximum absolute atomic E-state index is 15.1. The van der Waals surface area contributed by atoms with Crippen LogP contribution in [0.2, 0.25) is 0 Å². The van der Waals surface area contributed by atoms with Crippen LogP contribution < -0.4 is 9.80 Å². The summed E-state index contributed by atoms with van der Waals surface area (Å²) in [5.41, 5.74) is 3.24. The fourth-order valence-electron chi connectivity index (χ4n) is 4.73. The minimum atomic E-state index is -0.652. The van der Waals surface area contributed by atoms with E-state index >= 15 is 4.39 Å². The monoisotopic (exact) mass is 552 g/mol. The average molecular weight is 552 g/mol. The lowest BCUT2D eigenvalue weighted by molar-refractivity contribution is -0.124. The lowest BCUT2D eigenvalue weighted by Crippen LogP contribution is -2.64. The Morgan fingerprint density at radius 1 is 1.03 bits per heavy atom. The van der Waals surface area contributed by atoms with Crippen molar-refractivity contribution < 1.29 is 9.18 Å². The molecule has 33 heavy (non-hydrogen) atoms. The summed E-state index contributed by atoms with van der Waals surface area (Å²) in [6.45, 7) is 1.19. The van der Waals surface area contributed by atoms with Gasteiger partial charge in [-0.3, -0.25) is 4.79 Å². The molecule has 6 rings (SSSR count). The van der Waals surface area contributed by atoms with Crippen LogP contribution in [-0.2, 0) is 16.8 Å². The molecule has 2 aliphatic heterocycles. The van der Waals surface area contributed by atoms with Crippen LogP contribution >= 0.6 is 22.9 Å². The number of fused-ring (bicyclic) bond motifs is 2. The molecule has 0 saturated carbocycles. The van der Waals surface area contributed by atoms with Crippen LogP contribution in [-0.4, -0.2) is 37.0 Å². The van der Waals surface area contributed by atoms with Crippen molar-refractivity contribution in [1.82, 2.24) is 18.0 Å². The molecule has 2 aromatic heterocycles. The third kappa shape index (κ3) is 3.21. The smallest absolute Gasteiger partial charge is 0.241 e. The van der Waals surface area contributed by atoms with Gasteiger partial charge in [-0.15, -0.1) is 0 Å². The second-order valence-electron chi connectivity index (χ2n) is 8.32. The highest BCUT2D eigenvalue weighted by Gasteiger charge is 2.58. The summed E-state index contributed by atoms with van der Waals surface area (Å²) in [6.07, 6.45) is 6.92. The number of hydrogen-bond donors (Lipinski definition) is 0. The van der Waals surface area contributed by atoms with Crippen molar-refractivity contribution >= 4 is 40.4 Å². The Morgan fingerprint density at radius 3 is 2.55 bits per heavy atom. The normalized spacial score (nSPS) is 16.2. The summed E-state index contributed by atoms with van der Waals surface area (Å²) in [5.74, 6) is 0.265. The van der Waals surface area contributed by atoms with Crippen LogP contribution in [0.25, 0.3) is 11.1 Å². The van der Waals surface area contributed by atoms with Crippen molar-refractivity contribution in [2.45, 2.75) is 12.0 Å². The van der Waals surface area contributed by atoms with E-state index in [9.17, 15) is 4.79 Å². The van der Waals surface area contributed by atoms with Crippen molar-refractivity contribution in [3.05, 3.63) is 90.3 Å². The minimum Gasteiger partial charge on any atom is -0.338 e. The van der Waals surface area contributed by atoms with Gasteiger partial charge in [-0.25, -0.2) is 17.3 Å². The topological polar surface area (TPSA) is 67.2 Å². The molecule has 1 amide bonds. The molecule has 7 nitrogen and oxygen atoms in total. The van der Waals surface area contributed by atoms with Gasteiger partial charge in [-0.1, -0.05) is 30.3 Å². The fourth-order valence-corrected chi connectivity index (χ4v) is 5.16. The molecule has 0 aliphatic carbocycles. The summed E-state index contributed by atoms with van der Waals surface area (Å²) in [6, 6.07) is 14.7. The summed E-state index contributed by atoms with van der Waals surface area (Å²) in [4.78, 5) is 26.0. The zero-order chi connectivity index (χ0) is 22.6. The van der Waals surface area contributed by atoms with Crippen molar-refractivity contribution in [3.63, 3.8) is 0 Å². The van der Waals surface area contributed by atoms with Crippen LogP contribution in [0.4, 0.5) is 16.0 Å². The van der Waals surface area contributed by atoms with E-state index in [-0.39, 0.29) is 18.3 Å². The predicted octanol–water partition coefficient (Wildman–Crippen LogP) is 3.98. The van der Waals surface area contributed by atoms with Crippen LogP contribution in [0.1, 0.15) is 11.1 Å². The largest absolute Gasteiger partial charge is 0.338 e. The van der Waals surface area contributed by atoms with Gasteiger partial charge in [0.15, 0.2) is 0 Å². The minimum absolute atomic E-state index is 0.00875. The Balaban J connectivity index is 1.29. The van der Waals surface area contributed by atoms with Crippen LogP contribution in [0.15, 0.2) is 73.3 Å². The summed E-state index contributed by atoms with van der Waals surface area (Å²) >= 11 is 2.05. The Kier molecular flexibility index (Phi) is 4.68.